The Hall–Kier alpha value is -2.29. The summed E-state index contributed by atoms with van der Waals surface area (Å²) in [6.45, 7) is 6.31. The summed E-state index contributed by atoms with van der Waals surface area (Å²) < 4.78 is 0. The van der Waals surface area contributed by atoms with Crippen molar-refractivity contribution in [2.24, 2.45) is 5.10 Å². The molecule has 3 rings (SSSR count). The SMILES string of the molecule is Cc1ccc2c(c1)C(c1ccc(N)c(C)c1)=NNC(C)C2. The summed E-state index contributed by atoms with van der Waals surface area (Å²) in [5.41, 5.74) is 17.0. The highest BCUT2D eigenvalue weighted by atomic mass is 15.3. The standard InChI is InChI=1S/C18H21N3/c1-11-4-5-14-10-13(3)20-21-18(16(14)8-11)15-6-7-17(19)12(2)9-15/h4-9,13,20H,10,19H2,1-3H3. The Bertz CT molecular complexity index is 716. The van der Waals surface area contributed by atoms with Gasteiger partial charge in [-0.2, -0.15) is 5.10 Å². The molecule has 0 saturated carbocycles. The zero-order chi connectivity index (χ0) is 15.0. The van der Waals surface area contributed by atoms with E-state index in [1.807, 2.05) is 19.1 Å². The Kier molecular flexibility index (Phi) is 3.42. The third kappa shape index (κ3) is 2.64. The van der Waals surface area contributed by atoms with Crippen molar-refractivity contribution < 1.29 is 0 Å². The van der Waals surface area contributed by atoms with Crippen LogP contribution in [0.1, 0.15) is 34.7 Å². The zero-order valence-electron chi connectivity index (χ0n) is 12.8. The second kappa shape index (κ2) is 5.24. The molecule has 0 saturated heterocycles. The maximum atomic E-state index is 5.93. The van der Waals surface area contributed by atoms with E-state index in [9.17, 15) is 0 Å². The summed E-state index contributed by atoms with van der Waals surface area (Å²) in [4.78, 5) is 0. The molecule has 0 spiro atoms. The van der Waals surface area contributed by atoms with Gasteiger partial charge in [0.2, 0.25) is 0 Å². The number of benzene rings is 2. The van der Waals surface area contributed by atoms with E-state index in [0.29, 0.717) is 6.04 Å². The van der Waals surface area contributed by atoms with Gasteiger partial charge in [-0.25, -0.2) is 0 Å². The Morgan fingerprint density at radius 1 is 1.14 bits per heavy atom. The maximum Gasteiger partial charge on any atom is 0.0976 e. The Morgan fingerprint density at radius 2 is 1.95 bits per heavy atom. The first-order valence-electron chi connectivity index (χ1n) is 7.34. The molecule has 3 nitrogen and oxygen atoms in total. The normalized spacial score (nSPS) is 17.5. The molecule has 1 heterocycles. The highest BCUT2D eigenvalue weighted by Gasteiger charge is 2.18. The number of aryl methyl sites for hydroxylation is 2. The van der Waals surface area contributed by atoms with Gasteiger partial charge in [0.25, 0.3) is 0 Å². The predicted octanol–water partition coefficient (Wildman–Crippen LogP) is 3.17. The number of nitrogens with two attached hydrogens (primary N) is 1. The van der Waals surface area contributed by atoms with E-state index in [0.717, 1.165) is 28.9 Å². The molecule has 1 aliphatic heterocycles. The molecule has 0 radical (unpaired) electrons. The minimum Gasteiger partial charge on any atom is -0.399 e. The molecular formula is C18H21N3. The van der Waals surface area contributed by atoms with Gasteiger partial charge in [0, 0.05) is 22.9 Å². The highest BCUT2D eigenvalue weighted by molar-refractivity contribution is 6.14. The van der Waals surface area contributed by atoms with Crippen LogP contribution in [0.4, 0.5) is 5.69 Å². The first kappa shape index (κ1) is 13.7. The number of hydrogen-bond donors (Lipinski definition) is 2. The van der Waals surface area contributed by atoms with Gasteiger partial charge in [-0.1, -0.05) is 23.8 Å². The molecule has 1 aliphatic rings. The number of rotatable bonds is 1. The molecule has 2 aromatic rings. The smallest absolute Gasteiger partial charge is 0.0976 e. The van der Waals surface area contributed by atoms with E-state index in [4.69, 9.17) is 5.73 Å². The lowest BCUT2D eigenvalue weighted by molar-refractivity contribution is 0.576. The molecule has 21 heavy (non-hydrogen) atoms. The van der Waals surface area contributed by atoms with Crippen LogP contribution >= 0.6 is 0 Å². The maximum absolute atomic E-state index is 5.93. The van der Waals surface area contributed by atoms with Crippen molar-refractivity contribution in [3.63, 3.8) is 0 Å². The summed E-state index contributed by atoms with van der Waals surface area (Å²) in [6.07, 6.45) is 0.983. The van der Waals surface area contributed by atoms with Gasteiger partial charge in [0.15, 0.2) is 0 Å². The van der Waals surface area contributed by atoms with Crippen molar-refractivity contribution in [3.8, 4) is 0 Å². The van der Waals surface area contributed by atoms with Crippen molar-refractivity contribution in [2.75, 3.05) is 5.73 Å². The van der Waals surface area contributed by atoms with Crippen LogP contribution in [0.25, 0.3) is 0 Å². The molecule has 108 valence electrons. The fourth-order valence-corrected chi connectivity index (χ4v) is 2.74. The van der Waals surface area contributed by atoms with E-state index in [1.165, 1.54) is 16.7 Å². The number of nitrogen functional groups attached to an aromatic ring is 1. The predicted molar refractivity (Wildman–Crippen MR) is 88.7 cm³/mol. The molecule has 0 amide bonds. The van der Waals surface area contributed by atoms with E-state index in [-0.39, 0.29) is 0 Å². The lowest BCUT2D eigenvalue weighted by Crippen LogP contribution is -2.21. The Labute approximate surface area is 125 Å². The lowest BCUT2D eigenvalue weighted by atomic mass is 9.92. The number of fused-ring (bicyclic) bond motifs is 1. The van der Waals surface area contributed by atoms with Gasteiger partial charge < -0.3 is 11.2 Å². The molecule has 0 fully saturated rings. The summed E-state index contributed by atoms with van der Waals surface area (Å²) >= 11 is 0. The van der Waals surface area contributed by atoms with Crippen molar-refractivity contribution in [1.29, 1.82) is 0 Å². The Morgan fingerprint density at radius 3 is 2.71 bits per heavy atom. The van der Waals surface area contributed by atoms with Crippen LogP contribution in [-0.2, 0) is 6.42 Å². The van der Waals surface area contributed by atoms with Crippen molar-refractivity contribution in [1.82, 2.24) is 5.43 Å². The minimum atomic E-state index is 0.332. The lowest BCUT2D eigenvalue weighted by Gasteiger charge is -2.11. The number of nitrogens with zero attached hydrogens (tertiary/aromatic N) is 1. The van der Waals surface area contributed by atoms with Gasteiger partial charge in [0.05, 0.1) is 5.71 Å². The van der Waals surface area contributed by atoms with Crippen LogP contribution in [0, 0.1) is 13.8 Å². The molecule has 2 aromatic carbocycles. The molecular weight excluding hydrogens is 258 g/mol. The van der Waals surface area contributed by atoms with Gasteiger partial charge in [-0.3, -0.25) is 0 Å². The topological polar surface area (TPSA) is 50.4 Å². The molecule has 0 bridgehead atoms. The quantitative estimate of drug-likeness (QED) is 0.788. The fraction of sp³-hybridized carbons (Fsp3) is 0.278. The van der Waals surface area contributed by atoms with E-state index < -0.39 is 0 Å². The third-order valence-corrected chi connectivity index (χ3v) is 3.99. The van der Waals surface area contributed by atoms with Crippen LogP contribution < -0.4 is 11.2 Å². The number of hydrazone groups is 1. The van der Waals surface area contributed by atoms with Crippen LogP contribution in [0.15, 0.2) is 41.5 Å². The highest BCUT2D eigenvalue weighted by Crippen LogP contribution is 2.23. The van der Waals surface area contributed by atoms with E-state index in [2.05, 4.69) is 48.6 Å². The monoisotopic (exact) mass is 279 g/mol. The largest absolute Gasteiger partial charge is 0.399 e. The van der Waals surface area contributed by atoms with Gasteiger partial charge in [-0.05, 0) is 56.5 Å². The van der Waals surface area contributed by atoms with E-state index >= 15 is 0 Å². The van der Waals surface area contributed by atoms with Crippen molar-refractivity contribution >= 4 is 11.4 Å². The number of hydrogen-bond acceptors (Lipinski definition) is 3. The molecule has 3 N–H and O–H groups in total. The summed E-state index contributed by atoms with van der Waals surface area (Å²) in [6, 6.07) is 13.1. The Balaban J connectivity index is 2.17. The first-order valence-corrected chi connectivity index (χ1v) is 7.34. The molecule has 0 aliphatic carbocycles. The molecule has 1 atom stereocenters. The van der Waals surface area contributed by atoms with Gasteiger partial charge in [0.1, 0.15) is 0 Å². The van der Waals surface area contributed by atoms with E-state index in [1.54, 1.807) is 0 Å². The van der Waals surface area contributed by atoms with Crippen molar-refractivity contribution in [2.45, 2.75) is 33.2 Å². The molecule has 1 unspecified atom stereocenters. The second-order valence-electron chi connectivity index (χ2n) is 5.93. The summed E-state index contributed by atoms with van der Waals surface area (Å²) in [7, 11) is 0. The van der Waals surface area contributed by atoms with Gasteiger partial charge in [-0.15, -0.1) is 0 Å². The van der Waals surface area contributed by atoms with Crippen molar-refractivity contribution in [3.05, 3.63) is 64.2 Å². The summed E-state index contributed by atoms with van der Waals surface area (Å²) in [5, 5.41) is 4.65. The van der Waals surface area contributed by atoms with Crippen LogP contribution in [0.5, 0.6) is 0 Å². The summed E-state index contributed by atoms with van der Waals surface area (Å²) in [5.74, 6) is 0. The van der Waals surface area contributed by atoms with Crippen LogP contribution in [0.3, 0.4) is 0 Å². The number of nitrogens with one attached hydrogen (secondary N) is 1. The average Bonchev–Trinajstić information content (AvgIpc) is 2.60. The zero-order valence-corrected chi connectivity index (χ0v) is 12.8. The second-order valence-corrected chi connectivity index (χ2v) is 5.93. The molecule has 3 heteroatoms. The third-order valence-electron chi connectivity index (χ3n) is 3.99. The fourth-order valence-electron chi connectivity index (χ4n) is 2.74. The number of anilines is 1. The minimum absolute atomic E-state index is 0.332. The first-order chi connectivity index (χ1) is 10.0. The van der Waals surface area contributed by atoms with Crippen LogP contribution in [0.2, 0.25) is 0 Å². The van der Waals surface area contributed by atoms with Crippen LogP contribution in [-0.4, -0.2) is 11.8 Å². The van der Waals surface area contributed by atoms with Gasteiger partial charge >= 0.3 is 0 Å². The molecule has 0 aromatic heterocycles. The average molecular weight is 279 g/mol.